The van der Waals surface area contributed by atoms with E-state index in [2.05, 4.69) is 4.98 Å². The zero-order chi connectivity index (χ0) is 11.1. The van der Waals surface area contributed by atoms with Gasteiger partial charge >= 0.3 is 5.97 Å². The molecule has 1 aromatic heterocycles. The third kappa shape index (κ3) is 3.81. The number of ether oxygens (including phenoxy) is 1. The summed E-state index contributed by atoms with van der Waals surface area (Å²) >= 11 is 0. The molecule has 0 aliphatic carbocycles. The van der Waals surface area contributed by atoms with Crippen LogP contribution < -0.4 is 4.74 Å². The predicted octanol–water partition coefficient (Wildman–Crippen LogP) is 1.88. The van der Waals surface area contributed by atoms with Gasteiger partial charge in [-0.3, -0.25) is 4.98 Å². The number of aliphatic carboxylic acids is 1. The largest absolute Gasteiger partial charge is 0.488 e. The summed E-state index contributed by atoms with van der Waals surface area (Å²) in [5.74, 6) is -0.262. The molecule has 4 nitrogen and oxygen atoms in total. The standard InChI is InChI=1S/C11H13NO3/c1-2-9(11(13)14)5-7-15-10-4-3-6-12-8-10/h3-6,8H,2,7H2,1H3,(H,13,14). The lowest BCUT2D eigenvalue weighted by Gasteiger charge is -2.02. The molecule has 0 aliphatic rings. The van der Waals surface area contributed by atoms with Crippen molar-refractivity contribution in [1.82, 2.24) is 4.98 Å². The highest BCUT2D eigenvalue weighted by Gasteiger charge is 2.02. The lowest BCUT2D eigenvalue weighted by Crippen LogP contribution is -2.02. The molecule has 0 bridgehead atoms. The molecule has 1 heterocycles. The topological polar surface area (TPSA) is 59.4 Å². The van der Waals surface area contributed by atoms with Gasteiger partial charge in [-0.2, -0.15) is 0 Å². The maximum absolute atomic E-state index is 10.6. The van der Waals surface area contributed by atoms with E-state index < -0.39 is 5.97 Å². The zero-order valence-electron chi connectivity index (χ0n) is 8.51. The average molecular weight is 207 g/mol. The maximum Gasteiger partial charge on any atom is 0.331 e. The molecular formula is C11H13NO3. The van der Waals surface area contributed by atoms with Crippen molar-refractivity contribution in [3.05, 3.63) is 36.2 Å². The molecule has 1 N–H and O–H groups in total. The molecule has 1 aromatic rings. The van der Waals surface area contributed by atoms with Gasteiger partial charge < -0.3 is 9.84 Å². The second-order valence-electron chi connectivity index (χ2n) is 2.89. The number of rotatable bonds is 5. The van der Waals surface area contributed by atoms with Gasteiger partial charge in [0.2, 0.25) is 0 Å². The first-order chi connectivity index (χ1) is 7.24. The number of hydrogen-bond donors (Lipinski definition) is 1. The SMILES string of the molecule is CCC(=CCOc1cccnc1)C(=O)O. The summed E-state index contributed by atoms with van der Waals surface area (Å²) in [5, 5.41) is 8.73. The minimum Gasteiger partial charge on any atom is -0.488 e. The van der Waals surface area contributed by atoms with E-state index in [1.165, 1.54) is 0 Å². The summed E-state index contributed by atoms with van der Waals surface area (Å²) in [5.41, 5.74) is 0.360. The third-order valence-electron chi connectivity index (χ3n) is 1.87. The van der Waals surface area contributed by atoms with E-state index in [1.54, 1.807) is 37.5 Å². The summed E-state index contributed by atoms with van der Waals surface area (Å²) < 4.78 is 5.29. The number of hydrogen-bond acceptors (Lipinski definition) is 3. The minimum absolute atomic E-state index is 0.251. The fourth-order valence-corrected chi connectivity index (χ4v) is 1.05. The van der Waals surface area contributed by atoms with Crippen molar-refractivity contribution in [2.24, 2.45) is 0 Å². The number of aromatic nitrogens is 1. The van der Waals surface area contributed by atoms with Gasteiger partial charge in [0.15, 0.2) is 0 Å². The quantitative estimate of drug-likeness (QED) is 0.749. The van der Waals surface area contributed by atoms with E-state index in [0.29, 0.717) is 17.7 Å². The molecule has 80 valence electrons. The van der Waals surface area contributed by atoms with Gasteiger partial charge in [0.25, 0.3) is 0 Å². The summed E-state index contributed by atoms with van der Waals surface area (Å²) in [6, 6.07) is 3.53. The smallest absolute Gasteiger partial charge is 0.331 e. The Morgan fingerprint density at radius 1 is 1.67 bits per heavy atom. The summed E-state index contributed by atoms with van der Waals surface area (Å²) in [4.78, 5) is 14.5. The van der Waals surface area contributed by atoms with Gasteiger partial charge in [-0.1, -0.05) is 6.92 Å². The van der Waals surface area contributed by atoms with E-state index >= 15 is 0 Å². The lowest BCUT2D eigenvalue weighted by molar-refractivity contribution is -0.132. The molecular weight excluding hydrogens is 194 g/mol. The highest BCUT2D eigenvalue weighted by Crippen LogP contribution is 2.07. The molecule has 0 aromatic carbocycles. The molecule has 0 radical (unpaired) electrons. The van der Waals surface area contributed by atoms with Gasteiger partial charge in [0.05, 0.1) is 6.20 Å². The Morgan fingerprint density at radius 3 is 3.00 bits per heavy atom. The van der Waals surface area contributed by atoms with Crippen LogP contribution in [0.25, 0.3) is 0 Å². The second-order valence-corrected chi connectivity index (χ2v) is 2.89. The minimum atomic E-state index is -0.896. The Labute approximate surface area is 88.2 Å². The molecule has 4 heteroatoms. The Hall–Kier alpha value is -1.84. The van der Waals surface area contributed by atoms with E-state index in [9.17, 15) is 4.79 Å². The van der Waals surface area contributed by atoms with Crippen LogP contribution >= 0.6 is 0 Å². The number of carboxylic acid groups (broad SMARTS) is 1. The zero-order valence-corrected chi connectivity index (χ0v) is 8.51. The normalized spacial score (nSPS) is 11.1. The molecule has 0 saturated carbocycles. The van der Waals surface area contributed by atoms with Crippen LogP contribution in [0.15, 0.2) is 36.2 Å². The second kappa shape index (κ2) is 5.80. The van der Waals surface area contributed by atoms with Crippen LogP contribution in [0.2, 0.25) is 0 Å². The molecule has 15 heavy (non-hydrogen) atoms. The number of carbonyl (C=O) groups is 1. The van der Waals surface area contributed by atoms with Gasteiger partial charge in [-0.15, -0.1) is 0 Å². The monoisotopic (exact) mass is 207 g/mol. The van der Waals surface area contributed by atoms with Crippen molar-refractivity contribution in [3.63, 3.8) is 0 Å². The highest BCUT2D eigenvalue weighted by molar-refractivity contribution is 5.86. The Bertz CT molecular complexity index is 346. The molecule has 0 fully saturated rings. The highest BCUT2D eigenvalue weighted by atomic mass is 16.5. The lowest BCUT2D eigenvalue weighted by atomic mass is 10.2. The fraction of sp³-hybridized carbons (Fsp3) is 0.273. The number of nitrogens with zero attached hydrogens (tertiary/aromatic N) is 1. The van der Waals surface area contributed by atoms with E-state index in [4.69, 9.17) is 9.84 Å². The molecule has 0 amide bonds. The molecule has 1 rings (SSSR count). The van der Waals surface area contributed by atoms with Crippen molar-refractivity contribution in [1.29, 1.82) is 0 Å². The van der Waals surface area contributed by atoms with Crippen LogP contribution in [0, 0.1) is 0 Å². The summed E-state index contributed by atoms with van der Waals surface area (Å²) in [6.45, 7) is 2.05. The molecule has 0 atom stereocenters. The van der Waals surface area contributed by atoms with Crippen LogP contribution in [-0.2, 0) is 4.79 Å². The van der Waals surface area contributed by atoms with Crippen LogP contribution in [-0.4, -0.2) is 22.7 Å². The summed E-state index contributed by atoms with van der Waals surface area (Å²) in [7, 11) is 0. The first kappa shape index (κ1) is 11.2. The Kier molecular flexibility index (Phi) is 4.34. The van der Waals surface area contributed by atoms with Crippen LogP contribution in [0.4, 0.5) is 0 Å². The number of pyridine rings is 1. The van der Waals surface area contributed by atoms with Crippen molar-refractivity contribution in [2.45, 2.75) is 13.3 Å². The van der Waals surface area contributed by atoms with Crippen LogP contribution in [0.1, 0.15) is 13.3 Å². The van der Waals surface area contributed by atoms with Crippen molar-refractivity contribution < 1.29 is 14.6 Å². The molecule has 0 saturated heterocycles. The van der Waals surface area contributed by atoms with E-state index in [0.717, 1.165) is 0 Å². The van der Waals surface area contributed by atoms with Crippen LogP contribution in [0.5, 0.6) is 5.75 Å². The average Bonchev–Trinajstić information content (AvgIpc) is 2.25. The van der Waals surface area contributed by atoms with Gasteiger partial charge in [0, 0.05) is 11.8 Å². The molecule has 0 spiro atoms. The fourth-order valence-electron chi connectivity index (χ4n) is 1.05. The van der Waals surface area contributed by atoms with Crippen molar-refractivity contribution >= 4 is 5.97 Å². The Balaban J connectivity index is 2.48. The summed E-state index contributed by atoms with van der Waals surface area (Å²) in [6.07, 6.45) is 5.29. The first-order valence-corrected chi connectivity index (χ1v) is 4.69. The van der Waals surface area contributed by atoms with Gasteiger partial charge in [-0.05, 0) is 24.6 Å². The van der Waals surface area contributed by atoms with Gasteiger partial charge in [0.1, 0.15) is 12.4 Å². The Morgan fingerprint density at radius 2 is 2.47 bits per heavy atom. The third-order valence-corrected chi connectivity index (χ3v) is 1.87. The van der Waals surface area contributed by atoms with E-state index in [1.807, 2.05) is 0 Å². The van der Waals surface area contributed by atoms with Crippen LogP contribution in [0.3, 0.4) is 0 Å². The number of carboxylic acids is 1. The predicted molar refractivity (Wildman–Crippen MR) is 55.7 cm³/mol. The maximum atomic E-state index is 10.6. The first-order valence-electron chi connectivity index (χ1n) is 4.69. The van der Waals surface area contributed by atoms with Crippen molar-refractivity contribution in [3.8, 4) is 5.75 Å². The molecule has 0 aliphatic heterocycles. The van der Waals surface area contributed by atoms with Crippen molar-refractivity contribution in [2.75, 3.05) is 6.61 Å². The van der Waals surface area contributed by atoms with Gasteiger partial charge in [-0.25, -0.2) is 4.79 Å². The van der Waals surface area contributed by atoms with E-state index in [-0.39, 0.29) is 6.61 Å². The molecule has 0 unspecified atom stereocenters.